The standard InChI is InChI=1S/C15H16Cl2N2OS/c1-8-4-5-13(21-8)9(2)19(3)15(20)10-6-11(16)14(18)12(17)7-10/h4-7,9H,18H2,1-3H3. The van der Waals surface area contributed by atoms with E-state index in [1.54, 1.807) is 35.4 Å². The number of rotatable bonds is 3. The molecule has 1 unspecified atom stereocenters. The highest BCUT2D eigenvalue weighted by molar-refractivity contribution is 7.12. The largest absolute Gasteiger partial charge is 0.396 e. The fourth-order valence-electron chi connectivity index (χ4n) is 1.96. The van der Waals surface area contributed by atoms with Crippen molar-refractivity contribution in [2.45, 2.75) is 19.9 Å². The minimum absolute atomic E-state index is 0.0219. The molecule has 112 valence electrons. The summed E-state index contributed by atoms with van der Waals surface area (Å²) in [5.41, 5.74) is 6.42. The van der Waals surface area contributed by atoms with Gasteiger partial charge in [-0.3, -0.25) is 4.79 Å². The number of thiophene rings is 1. The molecule has 0 radical (unpaired) electrons. The highest BCUT2D eigenvalue weighted by Crippen LogP contribution is 2.31. The fourth-order valence-corrected chi connectivity index (χ4v) is 3.42. The highest BCUT2D eigenvalue weighted by atomic mass is 35.5. The predicted octanol–water partition coefficient (Wildman–Crippen LogP) is 4.78. The van der Waals surface area contributed by atoms with Crippen LogP contribution in [-0.2, 0) is 0 Å². The Kier molecular flexibility index (Phi) is 4.81. The first-order chi connectivity index (χ1) is 9.81. The summed E-state index contributed by atoms with van der Waals surface area (Å²) in [6, 6.07) is 7.16. The minimum Gasteiger partial charge on any atom is -0.396 e. The number of amides is 1. The van der Waals surface area contributed by atoms with Crippen LogP contribution in [0, 0.1) is 6.92 Å². The van der Waals surface area contributed by atoms with Crippen LogP contribution in [0.3, 0.4) is 0 Å². The van der Waals surface area contributed by atoms with Crippen molar-refractivity contribution in [2.24, 2.45) is 0 Å². The summed E-state index contributed by atoms with van der Waals surface area (Å²) in [5, 5.41) is 0.581. The lowest BCUT2D eigenvalue weighted by Gasteiger charge is -2.24. The van der Waals surface area contributed by atoms with Gasteiger partial charge in [0.2, 0.25) is 0 Å². The summed E-state index contributed by atoms with van der Waals surface area (Å²) in [5.74, 6) is -0.141. The van der Waals surface area contributed by atoms with E-state index < -0.39 is 0 Å². The van der Waals surface area contributed by atoms with E-state index in [1.807, 2.05) is 26.0 Å². The Balaban J connectivity index is 2.27. The first-order valence-electron chi connectivity index (χ1n) is 6.39. The highest BCUT2D eigenvalue weighted by Gasteiger charge is 2.21. The van der Waals surface area contributed by atoms with Crippen molar-refractivity contribution in [2.75, 3.05) is 12.8 Å². The molecule has 2 rings (SSSR count). The van der Waals surface area contributed by atoms with Gasteiger partial charge in [0, 0.05) is 22.4 Å². The Labute approximate surface area is 138 Å². The van der Waals surface area contributed by atoms with E-state index in [0.29, 0.717) is 21.3 Å². The zero-order chi connectivity index (χ0) is 15.7. The lowest BCUT2D eigenvalue weighted by molar-refractivity contribution is 0.0745. The Bertz CT molecular complexity index is 661. The van der Waals surface area contributed by atoms with Gasteiger partial charge in [0.1, 0.15) is 0 Å². The summed E-state index contributed by atoms with van der Waals surface area (Å²) in [4.78, 5) is 16.6. The number of hydrogen-bond donors (Lipinski definition) is 1. The number of nitrogens with zero attached hydrogens (tertiary/aromatic N) is 1. The summed E-state index contributed by atoms with van der Waals surface area (Å²) >= 11 is 13.7. The third-order valence-corrected chi connectivity index (χ3v) is 5.20. The lowest BCUT2D eigenvalue weighted by Crippen LogP contribution is -2.29. The van der Waals surface area contributed by atoms with Crippen molar-refractivity contribution in [3.8, 4) is 0 Å². The summed E-state index contributed by atoms with van der Waals surface area (Å²) in [6.07, 6.45) is 0. The van der Waals surface area contributed by atoms with Crippen molar-refractivity contribution in [1.82, 2.24) is 4.90 Å². The SMILES string of the molecule is Cc1ccc(C(C)N(C)C(=O)c2cc(Cl)c(N)c(Cl)c2)s1. The number of aryl methyl sites for hydroxylation is 1. The summed E-state index contributed by atoms with van der Waals surface area (Å²) in [7, 11) is 1.76. The number of nitrogens with two attached hydrogens (primary N) is 1. The lowest BCUT2D eigenvalue weighted by atomic mass is 10.1. The van der Waals surface area contributed by atoms with E-state index in [4.69, 9.17) is 28.9 Å². The van der Waals surface area contributed by atoms with Gasteiger partial charge in [-0.25, -0.2) is 0 Å². The Hall–Kier alpha value is -1.23. The third kappa shape index (κ3) is 3.34. The quantitative estimate of drug-likeness (QED) is 0.816. The van der Waals surface area contributed by atoms with E-state index in [9.17, 15) is 4.79 Å². The molecule has 3 nitrogen and oxygen atoms in total. The molecule has 0 aliphatic heterocycles. The van der Waals surface area contributed by atoms with E-state index in [2.05, 4.69) is 0 Å². The number of carbonyl (C=O) groups excluding carboxylic acids is 1. The van der Waals surface area contributed by atoms with Crippen LogP contribution in [0.4, 0.5) is 5.69 Å². The van der Waals surface area contributed by atoms with E-state index in [-0.39, 0.29) is 11.9 Å². The second kappa shape index (κ2) is 6.26. The van der Waals surface area contributed by atoms with Crippen LogP contribution >= 0.6 is 34.5 Å². The van der Waals surface area contributed by atoms with Gasteiger partial charge in [0.05, 0.1) is 21.8 Å². The second-order valence-corrected chi connectivity index (χ2v) is 7.03. The van der Waals surface area contributed by atoms with E-state index >= 15 is 0 Å². The summed E-state index contributed by atoms with van der Waals surface area (Å²) in [6.45, 7) is 4.03. The Morgan fingerprint density at radius 3 is 2.33 bits per heavy atom. The van der Waals surface area contributed by atoms with Crippen LogP contribution in [0.5, 0.6) is 0 Å². The molecule has 2 aromatic rings. The average Bonchev–Trinajstić information content (AvgIpc) is 2.88. The Morgan fingerprint density at radius 2 is 1.86 bits per heavy atom. The van der Waals surface area contributed by atoms with Gasteiger partial charge in [-0.1, -0.05) is 23.2 Å². The molecule has 1 atom stereocenters. The molecule has 1 amide bonds. The molecular weight excluding hydrogens is 327 g/mol. The summed E-state index contributed by atoms with van der Waals surface area (Å²) < 4.78 is 0. The van der Waals surface area contributed by atoms with Crippen molar-refractivity contribution in [1.29, 1.82) is 0 Å². The molecule has 1 aromatic carbocycles. The van der Waals surface area contributed by atoms with Gasteiger partial charge in [0.25, 0.3) is 5.91 Å². The number of halogens is 2. The van der Waals surface area contributed by atoms with Crippen LogP contribution in [0.25, 0.3) is 0 Å². The smallest absolute Gasteiger partial charge is 0.254 e. The monoisotopic (exact) mass is 342 g/mol. The van der Waals surface area contributed by atoms with Gasteiger partial charge < -0.3 is 10.6 Å². The molecule has 2 N–H and O–H groups in total. The molecule has 21 heavy (non-hydrogen) atoms. The topological polar surface area (TPSA) is 46.3 Å². The maximum Gasteiger partial charge on any atom is 0.254 e. The molecular formula is C15H16Cl2N2OS. The second-order valence-electron chi connectivity index (χ2n) is 4.89. The number of benzene rings is 1. The van der Waals surface area contributed by atoms with Crippen molar-refractivity contribution in [3.63, 3.8) is 0 Å². The molecule has 1 heterocycles. The van der Waals surface area contributed by atoms with E-state index in [1.165, 1.54) is 4.88 Å². The van der Waals surface area contributed by atoms with Gasteiger partial charge >= 0.3 is 0 Å². The fraction of sp³-hybridized carbons (Fsp3) is 0.267. The van der Waals surface area contributed by atoms with Gasteiger partial charge in [-0.2, -0.15) is 0 Å². The molecule has 0 saturated carbocycles. The maximum atomic E-state index is 12.6. The van der Waals surface area contributed by atoms with Crippen molar-refractivity contribution >= 4 is 46.1 Å². The van der Waals surface area contributed by atoms with Crippen LogP contribution in [-0.4, -0.2) is 17.9 Å². The molecule has 0 aliphatic rings. The van der Waals surface area contributed by atoms with Crippen molar-refractivity contribution < 1.29 is 4.79 Å². The molecule has 0 bridgehead atoms. The first-order valence-corrected chi connectivity index (χ1v) is 7.96. The Morgan fingerprint density at radius 1 is 1.29 bits per heavy atom. The minimum atomic E-state index is -0.141. The number of anilines is 1. The molecule has 0 spiro atoms. The molecule has 0 fully saturated rings. The van der Waals surface area contributed by atoms with Gasteiger partial charge in [-0.05, 0) is 38.1 Å². The van der Waals surface area contributed by atoms with E-state index in [0.717, 1.165) is 4.88 Å². The number of nitrogen functional groups attached to an aromatic ring is 1. The zero-order valence-corrected chi connectivity index (χ0v) is 14.3. The van der Waals surface area contributed by atoms with Gasteiger partial charge in [-0.15, -0.1) is 11.3 Å². The third-order valence-electron chi connectivity index (χ3n) is 3.40. The zero-order valence-electron chi connectivity index (χ0n) is 12.0. The first kappa shape index (κ1) is 16.1. The molecule has 6 heteroatoms. The van der Waals surface area contributed by atoms with Crippen LogP contribution in [0.15, 0.2) is 24.3 Å². The van der Waals surface area contributed by atoms with Crippen molar-refractivity contribution in [3.05, 3.63) is 49.6 Å². The number of carbonyl (C=O) groups is 1. The van der Waals surface area contributed by atoms with Crippen LogP contribution in [0.2, 0.25) is 10.0 Å². The molecule has 0 aliphatic carbocycles. The maximum absolute atomic E-state index is 12.6. The number of hydrogen-bond acceptors (Lipinski definition) is 3. The average molecular weight is 343 g/mol. The van der Waals surface area contributed by atoms with Crippen LogP contribution in [0.1, 0.15) is 33.1 Å². The molecule has 1 aromatic heterocycles. The predicted molar refractivity (Wildman–Crippen MR) is 90.4 cm³/mol. The van der Waals surface area contributed by atoms with Gasteiger partial charge in [0.15, 0.2) is 0 Å². The molecule has 0 saturated heterocycles. The van der Waals surface area contributed by atoms with Crippen LogP contribution < -0.4 is 5.73 Å². The normalized spacial score (nSPS) is 12.2.